The van der Waals surface area contributed by atoms with Gasteiger partial charge in [0.1, 0.15) is 0 Å². The predicted molar refractivity (Wildman–Crippen MR) is 104 cm³/mol. The Morgan fingerprint density at radius 2 is 1.59 bits per heavy atom. The zero-order chi connectivity index (χ0) is 19.8. The average Bonchev–Trinajstić information content (AvgIpc) is 2.70. The highest BCUT2D eigenvalue weighted by molar-refractivity contribution is 8.00. The largest absolute Gasteiger partial charge is 0.493 e. The Morgan fingerprint density at radius 3 is 2.19 bits per heavy atom. The number of carbonyl (C=O) groups is 2. The third kappa shape index (κ3) is 5.45. The quantitative estimate of drug-likeness (QED) is 0.539. The van der Waals surface area contributed by atoms with E-state index in [0.717, 1.165) is 4.90 Å². The molecule has 2 rings (SSSR count). The highest BCUT2D eigenvalue weighted by atomic mass is 35.5. The van der Waals surface area contributed by atoms with E-state index in [9.17, 15) is 9.59 Å². The van der Waals surface area contributed by atoms with Gasteiger partial charge in [-0.1, -0.05) is 11.6 Å². The highest BCUT2D eigenvalue weighted by Gasteiger charge is 2.20. The zero-order valence-corrected chi connectivity index (χ0v) is 16.6. The summed E-state index contributed by atoms with van der Waals surface area (Å²) in [5.41, 5.74) is 4.92. The zero-order valence-electron chi connectivity index (χ0n) is 15.0. The van der Waals surface area contributed by atoms with E-state index in [1.54, 1.807) is 18.2 Å². The lowest BCUT2D eigenvalue weighted by Crippen LogP contribution is -2.42. The number of nitrogens with one attached hydrogen (secondary N) is 2. The summed E-state index contributed by atoms with van der Waals surface area (Å²) >= 11 is 7.14. The van der Waals surface area contributed by atoms with Crippen LogP contribution in [0.25, 0.3) is 0 Å². The summed E-state index contributed by atoms with van der Waals surface area (Å²) in [6, 6.07) is 10.2. The Bertz CT molecular complexity index is 814. The van der Waals surface area contributed by atoms with Gasteiger partial charge in [0.2, 0.25) is 11.7 Å². The van der Waals surface area contributed by atoms with Gasteiger partial charge >= 0.3 is 0 Å². The summed E-state index contributed by atoms with van der Waals surface area (Å²) in [5, 5.41) is 0.625. The van der Waals surface area contributed by atoms with Gasteiger partial charge in [-0.25, -0.2) is 0 Å². The molecule has 9 heteroatoms. The Morgan fingerprint density at radius 1 is 0.926 bits per heavy atom. The Hall–Kier alpha value is -2.58. The first kappa shape index (κ1) is 20.7. The molecule has 2 aromatic carbocycles. The molecule has 0 aromatic heterocycles. The number of ether oxygens (including phenoxy) is 3. The van der Waals surface area contributed by atoms with E-state index in [2.05, 4.69) is 10.9 Å². The average molecular weight is 411 g/mol. The van der Waals surface area contributed by atoms with Crippen molar-refractivity contribution < 1.29 is 23.8 Å². The normalized spacial score (nSPS) is 10.1. The van der Waals surface area contributed by atoms with Crippen LogP contribution in [-0.2, 0) is 4.79 Å². The maximum Gasteiger partial charge on any atom is 0.273 e. The van der Waals surface area contributed by atoms with E-state index in [0.29, 0.717) is 10.8 Å². The molecule has 2 amide bonds. The third-order valence-electron chi connectivity index (χ3n) is 3.45. The number of thioether (sulfide) groups is 1. The maximum atomic E-state index is 12.4. The molecule has 0 bridgehead atoms. The van der Waals surface area contributed by atoms with E-state index in [-0.39, 0.29) is 28.7 Å². The van der Waals surface area contributed by atoms with Gasteiger partial charge in [-0.15, -0.1) is 11.8 Å². The molecular formula is C18H19ClN2O5S. The smallest absolute Gasteiger partial charge is 0.273 e. The summed E-state index contributed by atoms with van der Waals surface area (Å²) in [6.07, 6.45) is 0. The molecular weight excluding hydrogens is 392 g/mol. The van der Waals surface area contributed by atoms with Crippen LogP contribution in [0.1, 0.15) is 10.4 Å². The van der Waals surface area contributed by atoms with Gasteiger partial charge in [0, 0.05) is 9.92 Å². The summed E-state index contributed by atoms with van der Waals surface area (Å²) in [6.45, 7) is 0. The van der Waals surface area contributed by atoms with Gasteiger partial charge < -0.3 is 14.2 Å². The van der Waals surface area contributed by atoms with Crippen LogP contribution in [0.2, 0.25) is 5.02 Å². The Kier molecular flexibility index (Phi) is 7.63. The fraction of sp³-hybridized carbons (Fsp3) is 0.222. The molecule has 0 aliphatic rings. The van der Waals surface area contributed by atoms with Crippen LogP contribution in [0.3, 0.4) is 0 Å². The lowest BCUT2D eigenvalue weighted by Gasteiger charge is -2.15. The van der Waals surface area contributed by atoms with Crippen LogP contribution in [0.5, 0.6) is 17.2 Å². The third-order valence-corrected chi connectivity index (χ3v) is 4.71. The minimum atomic E-state index is -0.544. The molecule has 0 radical (unpaired) electrons. The number of hydrogen-bond donors (Lipinski definition) is 2. The molecule has 0 fully saturated rings. The van der Waals surface area contributed by atoms with Crippen LogP contribution in [-0.4, -0.2) is 38.9 Å². The van der Waals surface area contributed by atoms with Crippen LogP contribution in [0.15, 0.2) is 41.3 Å². The summed E-state index contributed by atoms with van der Waals surface area (Å²) in [7, 11) is 4.34. The second kappa shape index (κ2) is 9.94. The van der Waals surface area contributed by atoms with Crippen molar-refractivity contribution in [3.05, 3.63) is 47.0 Å². The lowest BCUT2D eigenvalue weighted by molar-refractivity contribution is -0.119. The highest BCUT2D eigenvalue weighted by Crippen LogP contribution is 2.39. The fourth-order valence-electron chi connectivity index (χ4n) is 2.19. The van der Waals surface area contributed by atoms with E-state index < -0.39 is 5.91 Å². The topological polar surface area (TPSA) is 85.9 Å². The van der Waals surface area contributed by atoms with E-state index in [1.165, 1.54) is 39.2 Å². The second-order valence-electron chi connectivity index (χ2n) is 5.13. The van der Waals surface area contributed by atoms with Crippen molar-refractivity contribution in [2.75, 3.05) is 27.1 Å². The van der Waals surface area contributed by atoms with Crippen molar-refractivity contribution in [2.45, 2.75) is 4.90 Å². The Balaban J connectivity index is 1.96. The van der Waals surface area contributed by atoms with E-state index >= 15 is 0 Å². The van der Waals surface area contributed by atoms with Gasteiger partial charge in [-0.2, -0.15) is 0 Å². The van der Waals surface area contributed by atoms with Gasteiger partial charge in [-0.05, 0) is 36.4 Å². The number of methoxy groups -OCH3 is 3. The van der Waals surface area contributed by atoms with Crippen molar-refractivity contribution >= 4 is 35.2 Å². The van der Waals surface area contributed by atoms with Crippen LogP contribution >= 0.6 is 23.4 Å². The molecule has 0 unspecified atom stereocenters. The van der Waals surface area contributed by atoms with Gasteiger partial charge in [0.15, 0.2) is 11.5 Å². The number of halogens is 1. The van der Waals surface area contributed by atoms with Gasteiger partial charge in [0.05, 0.1) is 32.6 Å². The first-order valence-corrected chi connectivity index (χ1v) is 9.13. The van der Waals surface area contributed by atoms with Crippen molar-refractivity contribution in [1.82, 2.24) is 10.9 Å². The molecule has 144 valence electrons. The summed E-state index contributed by atoms with van der Waals surface area (Å²) in [4.78, 5) is 25.2. The summed E-state index contributed by atoms with van der Waals surface area (Å²) < 4.78 is 15.7. The molecule has 2 N–H and O–H groups in total. The molecule has 2 aromatic rings. The van der Waals surface area contributed by atoms with Crippen LogP contribution < -0.4 is 25.1 Å². The molecule has 0 spiro atoms. The van der Waals surface area contributed by atoms with Gasteiger partial charge in [-0.3, -0.25) is 20.4 Å². The fourth-order valence-corrected chi connectivity index (χ4v) is 3.01. The molecule has 0 aliphatic carbocycles. The molecule has 7 nitrogen and oxygen atoms in total. The molecule has 0 aliphatic heterocycles. The lowest BCUT2D eigenvalue weighted by atomic mass is 10.1. The standard InChI is InChI=1S/C18H19ClN2O5S/c1-24-14-9-8-13(16(25-2)17(14)26-3)18(23)21-20-15(22)10-27-12-6-4-11(19)5-7-12/h4-9H,10H2,1-3H3,(H,20,22)(H,21,23). The number of carbonyl (C=O) groups excluding carboxylic acids is 2. The summed E-state index contributed by atoms with van der Waals surface area (Å²) in [5.74, 6) is 0.149. The SMILES string of the molecule is COc1ccc(C(=O)NNC(=O)CSc2ccc(Cl)cc2)c(OC)c1OC. The molecule has 0 saturated carbocycles. The number of rotatable bonds is 7. The second-order valence-corrected chi connectivity index (χ2v) is 6.61. The van der Waals surface area contributed by atoms with Crippen molar-refractivity contribution in [2.24, 2.45) is 0 Å². The number of amides is 2. The van der Waals surface area contributed by atoms with Crippen LogP contribution in [0.4, 0.5) is 0 Å². The molecule has 27 heavy (non-hydrogen) atoms. The first-order chi connectivity index (χ1) is 13.0. The van der Waals surface area contributed by atoms with Crippen molar-refractivity contribution in [3.8, 4) is 17.2 Å². The first-order valence-electron chi connectivity index (χ1n) is 7.76. The van der Waals surface area contributed by atoms with Crippen molar-refractivity contribution in [3.63, 3.8) is 0 Å². The number of hydrogen-bond acceptors (Lipinski definition) is 6. The predicted octanol–water partition coefficient (Wildman–Crippen LogP) is 2.92. The number of hydrazine groups is 1. The maximum absolute atomic E-state index is 12.4. The van der Waals surface area contributed by atoms with Gasteiger partial charge in [0.25, 0.3) is 5.91 Å². The minimum absolute atomic E-state index is 0.130. The monoisotopic (exact) mass is 410 g/mol. The van der Waals surface area contributed by atoms with E-state index in [4.69, 9.17) is 25.8 Å². The minimum Gasteiger partial charge on any atom is -0.493 e. The van der Waals surface area contributed by atoms with E-state index in [1.807, 2.05) is 12.1 Å². The molecule has 0 saturated heterocycles. The van der Waals surface area contributed by atoms with Crippen molar-refractivity contribution in [1.29, 1.82) is 0 Å². The van der Waals surface area contributed by atoms with Crippen LogP contribution in [0, 0.1) is 0 Å². The Labute approximate surface area is 166 Å². The molecule has 0 heterocycles. The number of benzene rings is 2. The molecule has 0 atom stereocenters.